The number of aryl methyl sites for hydroxylation is 1. The molecule has 0 aliphatic heterocycles. The third kappa shape index (κ3) is 7.35. The summed E-state index contributed by atoms with van der Waals surface area (Å²) in [4.78, 5) is 27.5. The Labute approximate surface area is 205 Å². The van der Waals surface area contributed by atoms with Gasteiger partial charge < -0.3 is 10.2 Å². The second kappa shape index (κ2) is 11.2. The fourth-order valence-corrected chi connectivity index (χ4v) is 4.60. The molecule has 1 atom stereocenters. The van der Waals surface area contributed by atoms with Crippen LogP contribution >= 0.6 is 23.2 Å². The number of benzene rings is 2. The molecule has 2 amide bonds. The Balaban J connectivity index is 2.45. The zero-order valence-corrected chi connectivity index (χ0v) is 21.6. The number of sulfonamides is 1. The van der Waals surface area contributed by atoms with E-state index in [2.05, 4.69) is 5.32 Å². The standard InChI is InChI=1S/C23H29Cl2N3O4S/c1-15(2)26-23(30)17(4)27(13-19-20(24)10-7-11-21(19)25)22(29)14-28(33(5,31)32)18-9-6-8-16(3)12-18/h6-12,15,17H,13-14H2,1-5H3,(H,26,30)/t17-/m1/s1. The van der Waals surface area contributed by atoms with Crippen LogP contribution in [0.2, 0.25) is 10.0 Å². The lowest BCUT2D eigenvalue weighted by Gasteiger charge is -2.32. The summed E-state index contributed by atoms with van der Waals surface area (Å²) >= 11 is 12.6. The van der Waals surface area contributed by atoms with E-state index in [9.17, 15) is 18.0 Å². The largest absolute Gasteiger partial charge is 0.352 e. The van der Waals surface area contributed by atoms with E-state index >= 15 is 0 Å². The minimum absolute atomic E-state index is 0.0601. The Kier molecular flexibility index (Phi) is 9.17. The molecule has 0 spiro atoms. The van der Waals surface area contributed by atoms with Gasteiger partial charge in [-0.2, -0.15) is 0 Å². The number of hydrogen-bond donors (Lipinski definition) is 1. The fraction of sp³-hybridized carbons (Fsp3) is 0.391. The van der Waals surface area contributed by atoms with E-state index in [4.69, 9.17) is 23.2 Å². The van der Waals surface area contributed by atoms with Crippen molar-refractivity contribution >= 4 is 50.7 Å². The maximum Gasteiger partial charge on any atom is 0.244 e. The molecule has 0 saturated heterocycles. The van der Waals surface area contributed by atoms with Crippen molar-refractivity contribution < 1.29 is 18.0 Å². The molecule has 7 nitrogen and oxygen atoms in total. The number of nitrogens with zero attached hydrogens (tertiary/aromatic N) is 2. The number of carbonyl (C=O) groups excluding carboxylic acids is 2. The molecule has 0 saturated carbocycles. The van der Waals surface area contributed by atoms with Crippen LogP contribution in [0.1, 0.15) is 31.9 Å². The molecule has 33 heavy (non-hydrogen) atoms. The number of halogens is 2. The highest BCUT2D eigenvalue weighted by molar-refractivity contribution is 7.92. The third-order valence-corrected chi connectivity index (χ3v) is 6.81. The van der Waals surface area contributed by atoms with Gasteiger partial charge in [0, 0.05) is 28.2 Å². The number of amides is 2. The van der Waals surface area contributed by atoms with E-state index in [1.165, 1.54) is 4.90 Å². The second-order valence-corrected chi connectivity index (χ2v) is 10.9. The molecule has 2 rings (SSSR count). The monoisotopic (exact) mass is 513 g/mol. The van der Waals surface area contributed by atoms with Crippen molar-refractivity contribution in [2.24, 2.45) is 0 Å². The van der Waals surface area contributed by atoms with Crippen LogP contribution in [0.15, 0.2) is 42.5 Å². The summed E-state index contributed by atoms with van der Waals surface area (Å²) in [5.41, 5.74) is 1.68. The van der Waals surface area contributed by atoms with Gasteiger partial charge in [-0.1, -0.05) is 41.4 Å². The minimum atomic E-state index is -3.78. The summed E-state index contributed by atoms with van der Waals surface area (Å²) in [6.07, 6.45) is 1.03. The number of anilines is 1. The van der Waals surface area contributed by atoms with Crippen LogP contribution in [0.25, 0.3) is 0 Å². The summed E-state index contributed by atoms with van der Waals surface area (Å²) in [6, 6.07) is 10.8. The van der Waals surface area contributed by atoms with Crippen LogP contribution in [0.5, 0.6) is 0 Å². The zero-order valence-electron chi connectivity index (χ0n) is 19.3. The highest BCUT2D eigenvalue weighted by atomic mass is 35.5. The number of hydrogen-bond acceptors (Lipinski definition) is 4. The lowest BCUT2D eigenvalue weighted by Crippen LogP contribution is -2.52. The normalized spacial score (nSPS) is 12.4. The van der Waals surface area contributed by atoms with E-state index in [-0.39, 0.29) is 18.5 Å². The average Bonchev–Trinajstić information content (AvgIpc) is 2.69. The molecule has 10 heteroatoms. The van der Waals surface area contributed by atoms with Crippen molar-refractivity contribution in [3.8, 4) is 0 Å². The molecule has 0 fully saturated rings. The van der Waals surface area contributed by atoms with Crippen molar-refractivity contribution in [1.29, 1.82) is 0 Å². The van der Waals surface area contributed by atoms with Gasteiger partial charge in [0.15, 0.2) is 0 Å². The summed E-state index contributed by atoms with van der Waals surface area (Å²) in [7, 11) is -3.78. The first-order valence-electron chi connectivity index (χ1n) is 10.4. The van der Waals surface area contributed by atoms with Crippen LogP contribution in [0.4, 0.5) is 5.69 Å². The molecular formula is C23H29Cl2N3O4S. The van der Waals surface area contributed by atoms with E-state index in [0.717, 1.165) is 16.1 Å². The Hall–Kier alpha value is -2.29. The van der Waals surface area contributed by atoms with Crippen molar-refractivity contribution in [2.45, 2.75) is 46.3 Å². The van der Waals surface area contributed by atoms with Crippen LogP contribution in [0.3, 0.4) is 0 Å². The number of rotatable bonds is 9. The smallest absolute Gasteiger partial charge is 0.244 e. The molecule has 0 aliphatic carbocycles. The summed E-state index contributed by atoms with van der Waals surface area (Å²) in [6.45, 7) is 6.49. The Morgan fingerprint density at radius 1 is 1.03 bits per heavy atom. The minimum Gasteiger partial charge on any atom is -0.352 e. The first kappa shape index (κ1) is 27.0. The lowest BCUT2D eigenvalue weighted by molar-refractivity contribution is -0.139. The first-order chi connectivity index (χ1) is 15.3. The van der Waals surface area contributed by atoms with Crippen LogP contribution < -0.4 is 9.62 Å². The fourth-order valence-electron chi connectivity index (χ4n) is 3.24. The second-order valence-electron chi connectivity index (χ2n) is 8.17. The lowest BCUT2D eigenvalue weighted by atomic mass is 10.1. The summed E-state index contributed by atoms with van der Waals surface area (Å²) in [5, 5.41) is 3.47. The van der Waals surface area contributed by atoms with Gasteiger partial charge in [-0.05, 0) is 57.5 Å². The summed E-state index contributed by atoms with van der Waals surface area (Å²) < 4.78 is 26.1. The van der Waals surface area contributed by atoms with Gasteiger partial charge in [0.2, 0.25) is 21.8 Å². The molecule has 0 unspecified atom stereocenters. The Bertz CT molecular complexity index is 1100. The van der Waals surface area contributed by atoms with Gasteiger partial charge >= 0.3 is 0 Å². The van der Waals surface area contributed by atoms with E-state index in [1.54, 1.807) is 43.3 Å². The number of nitrogens with one attached hydrogen (secondary N) is 1. The molecule has 0 aliphatic rings. The van der Waals surface area contributed by atoms with Crippen molar-refractivity contribution in [3.05, 3.63) is 63.6 Å². The molecule has 180 valence electrons. The van der Waals surface area contributed by atoms with E-state index in [1.807, 2.05) is 26.8 Å². The van der Waals surface area contributed by atoms with Gasteiger partial charge in [0.25, 0.3) is 0 Å². The van der Waals surface area contributed by atoms with Crippen LogP contribution in [-0.4, -0.2) is 50.0 Å². The van der Waals surface area contributed by atoms with Gasteiger partial charge in [0.05, 0.1) is 11.9 Å². The van der Waals surface area contributed by atoms with Gasteiger partial charge in [-0.25, -0.2) is 8.42 Å². The number of carbonyl (C=O) groups is 2. The van der Waals surface area contributed by atoms with Crippen molar-refractivity contribution in [1.82, 2.24) is 10.2 Å². The Morgan fingerprint density at radius 3 is 2.12 bits per heavy atom. The van der Waals surface area contributed by atoms with Gasteiger partial charge in [-0.3, -0.25) is 13.9 Å². The van der Waals surface area contributed by atoms with Crippen molar-refractivity contribution in [3.63, 3.8) is 0 Å². The van der Waals surface area contributed by atoms with Crippen LogP contribution in [-0.2, 0) is 26.2 Å². The summed E-state index contributed by atoms with van der Waals surface area (Å²) in [5.74, 6) is -0.938. The molecule has 0 heterocycles. The zero-order chi connectivity index (χ0) is 24.9. The predicted octanol–water partition coefficient (Wildman–Crippen LogP) is 4.01. The third-order valence-electron chi connectivity index (χ3n) is 4.96. The van der Waals surface area contributed by atoms with Gasteiger partial charge in [0.1, 0.15) is 12.6 Å². The van der Waals surface area contributed by atoms with Crippen molar-refractivity contribution in [2.75, 3.05) is 17.1 Å². The molecular weight excluding hydrogens is 485 g/mol. The average molecular weight is 514 g/mol. The topological polar surface area (TPSA) is 86.8 Å². The Morgan fingerprint density at radius 2 is 1.61 bits per heavy atom. The molecule has 2 aromatic rings. The quantitative estimate of drug-likeness (QED) is 0.548. The highest BCUT2D eigenvalue weighted by Gasteiger charge is 2.31. The van der Waals surface area contributed by atoms with Gasteiger partial charge in [-0.15, -0.1) is 0 Å². The maximum atomic E-state index is 13.5. The highest BCUT2D eigenvalue weighted by Crippen LogP contribution is 2.27. The molecule has 1 N–H and O–H groups in total. The predicted molar refractivity (Wildman–Crippen MR) is 133 cm³/mol. The SMILES string of the molecule is Cc1cccc(N(CC(=O)N(Cc2c(Cl)cccc2Cl)[C@H](C)C(=O)NC(C)C)S(C)(=O)=O)c1. The maximum absolute atomic E-state index is 13.5. The molecule has 0 radical (unpaired) electrons. The van der Waals surface area contributed by atoms with Crippen LogP contribution in [0, 0.1) is 6.92 Å². The first-order valence-corrected chi connectivity index (χ1v) is 13.0. The van der Waals surface area contributed by atoms with E-state index in [0.29, 0.717) is 21.3 Å². The van der Waals surface area contributed by atoms with E-state index < -0.39 is 28.5 Å². The molecule has 0 bridgehead atoms. The molecule has 2 aromatic carbocycles. The molecule has 0 aromatic heterocycles.